The minimum absolute atomic E-state index is 0.0804. The Labute approximate surface area is 232 Å². The van der Waals surface area contributed by atoms with Crippen LogP contribution < -0.4 is 10.2 Å². The van der Waals surface area contributed by atoms with Gasteiger partial charge in [-0.3, -0.25) is 24.5 Å². The second-order valence-electron chi connectivity index (χ2n) is 10.1. The number of carbonyl (C=O) groups is 3. The number of hydrogen-bond donors (Lipinski definition) is 1. The molecule has 7 rings (SSSR count). The summed E-state index contributed by atoms with van der Waals surface area (Å²) in [5.74, 6) is -2.32. The third-order valence-electron chi connectivity index (χ3n) is 8.20. The van der Waals surface area contributed by atoms with Crippen molar-refractivity contribution < 1.29 is 19.3 Å². The lowest BCUT2D eigenvalue weighted by Gasteiger charge is -2.37. The van der Waals surface area contributed by atoms with Crippen LogP contribution in [0.2, 0.25) is 0 Å². The predicted octanol–water partition coefficient (Wildman–Crippen LogP) is 5.51. The molecular formula is C31H21N3O5S. The zero-order valence-electron chi connectivity index (χ0n) is 20.9. The maximum atomic E-state index is 14.7. The summed E-state index contributed by atoms with van der Waals surface area (Å²) in [6.45, 7) is 0. The number of carbonyl (C=O) groups excluding carboxylic acids is 3. The van der Waals surface area contributed by atoms with Gasteiger partial charge in [0, 0.05) is 29.1 Å². The van der Waals surface area contributed by atoms with Crippen LogP contribution in [-0.4, -0.2) is 34.5 Å². The molecule has 1 aromatic heterocycles. The van der Waals surface area contributed by atoms with Crippen molar-refractivity contribution in [1.29, 1.82) is 0 Å². The van der Waals surface area contributed by atoms with E-state index in [1.807, 2.05) is 59.5 Å². The van der Waals surface area contributed by atoms with E-state index in [9.17, 15) is 24.5 Å². The minimum atomic E-state index is -1.46. The van der Waals surface area contributed by atoms with E-state index in [2.05, 4.69) is 5.32 Å². The molecule has 1 saturated heterocycles. The van der Waals surface area contributed by atoms with Gasteiger partial charge in [-0.15, -0.1) is 11.3 Å². The van der Waals surface area contributed by atoms with Crippen LogP contribution in [0.25, 0.3) is 6.08 Å². The maximum absolute atomic E-state index is 14.7. The van der Waals surface area contributed by atoms with Crippen LogP contribution >= 0.6 is 11.3 Å². The fourth-order valence-electron chi connectivity index (χ4n) is 6.64. The van der Waals surface area contributed by atoms with Crippen molar-refractivity contribution in [3.8, 4) is 0 Å². The molecular weight excluding hydrogens is 526 g/mol. The monoisotopic (exact) mass is 547 g/mol. The van der Waals surface area contributed by atoms with Crippen molar-refractivity contribution in [1.82, 2.24) is 0 Å². The van der Waals surface area contributed by atoms with Crippen LogP contribution in [0.4, 0.5) is 17.1 Å². The highest BCUT2D eigenvalue weighted by molar-refractivity contribution is 7.12. The number of amides is 1. The second-order valence-corrected chi connectivity index (χ2v) is 11.0. The summed E-state index contributed by atoms with van der Waals surface area (Å²) in [5.41, 5.74) is 1.21. The Balaban J connectivity index is 1.54. The van der Waals surface area contributed by atoms with Crippen molar-refractivity contribution in [3.63, 3.8) is 0 Å². The Morgan fingerprint density at radius 1 is 0.950 bits per heavy atom. The lowest BCUT2D eigenvalue weighted by Crippen LogP contribution is -2.51. The lowest BCUT2D eigenvalue weighted by molar-refractivity contribution is -0.384. The molecule has 40 heavy (non-hydrogen) atoms. The van der Waals surface area contributed by atoms with E-state index in [1.54, 1.807) is 23.6 Å². The molecule has 8 nitrogen and oxygen atoms in total. The summed E-state index contributed by atoms with van der Waals surface area (Å²) in [5, 5.41) is 16.4. The number of hydrogen-bond acceptors (Lipinski definition) is 7. The molecule has 1 N–H and O–H groups in total. The van der Waals surface area contributed by atoms with Crippen LogP contribution in [0, 0.1) is 16.0 Å². The van der Waals surface area contributed by atoms with Gasteiger partial charge in [-0.05, 0) is 34.7 Å². The molecule has 0 radical (unpaired) electrons. The lowest BCUT2D eigenvalue weighted by atomic mass is 9.64. The number of nitrogens with one attached hydrogen (secondary N) is 1. The fourth-order valence-corrected chi connectivity index (χ4v) is 7.33. The summed E-state index contributed by atoms with van der Waals surface area (Å²) in [7, 11) is 0. The molecule has 0 unspecified atom stereocenters. The van der Waals surface area contributed by atoms with Gasteiger partial charge in [0.25, 0.3) is 5.69 Å². The number of non-ortho nitro benzene ring substituents is 1. The maximum Gasteiger partial charge on any atom is 0.270 e. The third kappa shape index (κ3) is 3.21. The van der Waals surface area contributed by atoms with E-state index in [4.69, 9.17) is 0 Å². The summed E-state index contributed by atoms with van der Waals surface area (Å²) < 4.78 is 0. The highest BCUT2D eigenvalue weighted by atomic mass is 32.1. The average molecular weight is 548 g/mol. The Hall–Kier alpha value is -4.89. The van der Waals surface area contributed by atoms with E-state index in [0.29, 0.717) is 16.1 Å². The molecule has 4 heterocycles. The van der Waals surface area contributed by atoms with Gasteiger partial charge >= 0.3 is 0 Å². The van der Waals surface area contributed by atoms with Crippen LogP contribution in [0.1, 0.15) is 31.2 Å². The SMILES string of the molecule is O=C(c1cccs1)[C@@H]1[C@@H](C(=O)c2cccc([N+](=O)[O-])c2)[C@]2(C(=O)Nc3ccccc32)[C@H]2C=Cc3ccccc3N12. The van der Waals surface area contributed by atoms with Crippen LogP contribution in [0.5, 0.6) is 0 Å². The average Bonchev–Trinajstić information content (AvgIpc) is 3.69. The molecule has 3 aromatic carbocycles. The first-order valence-electron chi connectivity index (χ1n) is 12.8. The van der Waals surface area contributed by atoms with E-state index < -0.39 is 34.1 Å². The van der Waals surface area contributed by atoms with E-state index in [1.165, 1.54) is 35.6 Å². The topological polar surface area (TPSA) is 110 Å². The largest absolute Gasteiger partial charge is 0.352 e. The first-order valence-corrected chi connectivity index (χ1v) is 13.6. The number of nitro groups is 1. The van der Waals surface area contributed by atoms with Gasteiger partial charge < -0.3 is 10.2 Å². The van der Waals surface area contributed by atoms with Crippen molar-refractivity contribution in [3.05, 3.63) is 128 Å². The van der Waals surface area contributed by atoms with E-state index >= 15 is 0 Å². The number of benzene rings is 3. The Bertz CT molecular complexity index is 1760. The highest BCUT2D eigenvalue weighted by Crippen LogP contribution is 2.58. The molecule has 4 atom stereocenters. The van der Waals surface area contributed by atoms with Crippen LogP contribution in [0.3, 0.4) is 0 Å². The summed E-state index contributed by atoms with van der Waals surface area (Å²) in [6, 6.07) is 22.1. The predicted molar refractivity (Wildman–Crippen MR) is 152 cm³/mol. The molecule has 4 aromatic rings. The molecule has 1 amide bonds. The van der Waals surface area contributed by atoms with Crippen LogP contribution in [0.15, 0.2) is 96.4 Å². The number of para-hydroxylation sites is 2. The molecule has 1 fully saturated rings. The molecule has 1 spiro atoms. The Morgan fingerprint density at radius 2 is 1.75 bits per heavy atom. The summed E-state index contributed by atoms with van der Waals surface area (Å²) >= 11 is 1.28. The quantitative estimate of drug-likeness (QED) is 0.200. The van der Waals surface area contributed by atoms with Gasteiger partial charge in [0.15, 0.2) is 11.6 Å². The van der Waals surface area contributed by atoms with E-state index in [0.717, 1.165) is 11.3 Å². The van der Waals surface area contributed by atoms with Crippen molar-refractivity contribution in [2.75, 3.05) is 10.2 Å². The number of anilines is 2. The minimum Gasteiger partial charge on any atom is -0.352 e. The number of ketones is 2. The Kier molecular flexibility index (Phi) is 5.33. The highest BCUT2D eigenvalue weighted by Gasteiger charge is 2.70. The zero-order chi connectivity index (χ0) is 27.6. The number of fused-ring (bicyclic) bond motifs is 6. The molecule has 0 saturated carbocycles. The van der Waals surface area contributed by atoms with Crippen LogP contribution in [-0.2, 0) is 10.2 Å². The summed E-state index contributed by atoms with van der Waals surface area (Å²) in [4.78, 5) is 56.8. The second kappa shape index (κ2) is 8.82. The number of thiophene rings is 1. The number of nitrogens with zero attached hydrogens (tertiary/aromatic N) is 2. The van der Waals surface area contributed by atoms with Crippen molar-refractivity contribution in [2.24, 2.45) is 5.92 Å². The first kappa shape index (κ1) is 24.2. The summed E-state index contributed by atoms with van der Waals surface area (Å²) in [6.07, 6.45) is 3.83. The van der Waals surface area contributed by atoms with E-state index in [-0.39, 0.29) is 22.9 Å². The molecule has 9 heteroatoms. The number of rotatable bonds is 5. The standard InChI is InChI=1S/C31H21N3O5S/c35-28(19-8-5-9-20(17-19)34(38)39)26-27(29(36)24-13-6-16-40-24)33-23-12-4-1-7-18(23)14-15-25(33)31(26)21-10-2-3-11-22(21)32-30(31)37/h1-17,25-27H,(H,32,37)/t25-,26+,27+,31-/m1/s1. The molecule has 3 aliphatic heterocycles. The third-order valence-corrected chi connectivity index (χ3v) is 9.08. The van der Waals surface area contributed by atoms with Gasteiger partial charge in [-0.1, -0.05) is 66.7 Å². The fraction of sp³-hybridized carbons (Fsp3) is 0.129. The molecule has 3 aliphatic rings. The number of Topliss-reactive ketones (excluding diaryl/α,β-unsaturated/α-hetero) is 2. The Morgan fingerprint density at radius 3 is 2.55 bits per heavy atom. The van der Waals surface area contributed by atoms with Crippen molar-refractivity contribution >= 4 is 51.9 Å². The normalized spacial score (nSPS) is 23.9. The van der Waals surface area contributed by atoms with Gasteiger partial charge in [0.05, 0.1) is 21.8 Å². The zero-order valence-corrected chi connectivity index (χ0v) is 21.7. The number of nitro benzene ring substituents is 1. The van der Waals surface area contributed by atoms with Crippen molar-refractivity contribution in [2.45, 2.75) is 17.5 Å². The van der Waals surface area contributed by atoms with Gasteiger partial charge in [-0.25, -0.2) is 0 Å². The molecule has 0 bridgehead atoms. The van der Waals surface area contributed by atoms with Gasteiger partial charge in [0.1, 0.15) is 11.5 Å². The van der Waals surface area contributed by atoms with Gasteiger partial charge in [0.2, 0.25) is 5.91 Å². The smallest absolute Gasteiger partial charge is 0.270 e. The van der Waals surface area contributed by atoms with Gasteiger partial charge in [-0.2, -0.15) is 0 Å². The first-order chi connectivity index (χ1) is 19.4. The molecule has 196 valence electrons. The molecule has 0 aliphatic carbocycles.